The number of nitrogens with zero attached hydrogens (tertiary/aromatic N) is 6. The van der Waals surface area contributed by atoms with Crippen LogP contribution in [0.25, 0.3) is 22.4 Å². The number of anilines is 1. The van der Waals surface area contributed by atoms with Crippen molar-refractivity contribution in [3.63, 3.8) is 0 Å². The van der Waals surface area contributed by atoms with Crippen molar-refractivity contribution in [2.24, 2.45) is 5.73 Å². The third-order valence-corrected chi connectivity index (χ3v) is 5.23. The molecule has 0 saturated carbocycles. The standard InChI is InChI=1S/C23H23N7O2/c1-13-10-16(22-25-11-17-21(28-22)14(2)9-15(3)27-17)5-6-18(13)29(4)23(32)19-7-8-26-30(19)12-20(24)31/h5-11H,12H2,1-4H3,(H2,24,31). The van der Waals surface area contributed by atoms with Gasteiger partial charge in [0.25, 0.3) is 5.91 Å². The van der Waals surface area contributed by atoms with Gasteiger partial charge in [0, 0.05) is 30.2 Å². The highest BCUT2D eigenvalue weighted by molar-refractivity contribution is 6.05. The Hall–Kier alpha value is -4.14. The molecular formula is C23H23N7O2. The van der Waals surface area contributed by atoms with E-state index in [2.05, 4.69) is 15.1 Å². The summed E-state index contributed by atoms with van der Waals surface area (Å²) in [6, 6.07) is 9.23. The summed E-state index contributed by atoms with van der Waals surface area (Å²) in [6.45, 7) is 5.71. The van der Waals surface area contributed by atoms with Crippen molar-refractivity contribution in [1.82, 2.24) is 24.7 Å². The quantitative estimate of drug-likeness (QED) is 0.521. The van der Waals surface area contributed by atoms with Crippen LogP contribution in [0.1, 0.15) is 27.3 Å². The molecule has 0 bridgehead atoms. The average molecular weight is 429 g/mol. The molecule has 3 heterocycles. The minimum absolute atomic E-state index is 0.160. The first kappa shape index (κ1) is 21.1. The van der Waals surface area contributed by atoms with E-state index in [1.807, 2.05) is 45.0 Å². The Morgan fingerprint density at radius 2 is 1.84 bits per heavy atom. The van der Waals surface area contributed by atoms with Crippen LogP contribution in [0.15, 0.2) is 42.7 Å². The second-order valence-corrected chi connectivity index (χ2v) is 7.71. The van der Waals surface area contributed by atoms with Crippen LogP contribution in [-0.4, -0.2) is 43.6 Å². The molecule has 0 radical (unpaired) electrons. The highest BCUT2D eigenvalue weighted by Gasteiger charge is 2.20. The van der Waals surface area contributed by atoms with E-state index in [1.165, 1.54) is 15.8 Å². The third-order valence-electron chi connectivity index (χ3n) is 5.23. The molecule has 0 unspecified atom stereocenters. The van der Waals surface area contributed by atoms with Gasteiger partial charge in [-0.15, -0.1) is 0 Å². The van der Waals surface area contributed by atoms with E-state index in [0.29, 0.717) is 5.82 Å². The summed E-state index contributed by atoms with van der Waals surface area (Å²) < 4.78 is 1.30. The van der Waals surface area contributed by atoms with Crippen LogP contribution in [0.4, 0.5) is 5.69 Å². The number of benzene rings is 1. The van der Waals surface area contributed by atoms with E-state index in [4.69, 9.17) is 10.7 Å². The number of fused-ring (bicyclic) bond motifs is 1. The van der Waals surface area contributed by atoms with Gasteiger partial charge >= 0.3 is 0 Å². The number of amides is 2. The Balaban J connectivity index is 1.65. The maximum atomic E-state index is 13.0. The van der Waals surface area contributed by atoms with Crippen LogP contribution in [0.3, 0.4) is 0 Å². The number of rotatable bonds is 5. The zero-order valence-electron chi connectivity index (χ0n) is 18.3. The van der Waals surface area contributed by atoms with E-state index in [0.717, 1.165) is 39.1 Å². The van der Waals surface area contributed by atoms with Gasteiger partial charge in [0.05, 0.1) is 11.7 Å². The normalized spacial score (nSPS) is 11.0. The third kappa shape index (κ3) is 3.92. The molecule has 32 heavy (non-hydrogen) atoms. The Morgan fingerprint density at radius 1 is 1.06 bits per heavy atom. The van der Waals surface area contributed by atoms with Crippen molar-refractivity contribution in [3.05, 3.63) is 65.2 Å². The number of hydrogen-bond acceptors (Lipinski definition) is 6. The van der Waals surface area contributed by atoms with Gasteiger partial charge < -0.3 is 10.6 Å². The Bertz CT molecular complexity index is 1360. The molecule has 4 rings (SSSR count). The van der Waals surface area contributed by atoms with Gasteiger partial charge in [-0.05, 0) is 62.2 Å². The zero-order valence-corrected chi connectivity index (χ0v) is 18.3. The number of nitrogens with two attached hydrogens (primary N) is 1. The number of hydrogen-bond donors (Lipinski definition) is 1. The lowest BCUT2D eigenvalue weighted by Crippen LogP contribution is -2.31. The fourth-order valence-electron chi connectivity index (χ4n) is 3.73. The van der Waals surface area contributed by atoms with Crippen molar-refractivity contribution >= 4 is 28.5 Å². The maximum absolute atomic E-state index is 13.0. The number of carbonyl (C=O) groups excluding carboxylic acids is 2. The van der Waals surface area contributed by atoms with Crippen LogP contribution in [0.5, 0.6) is 0 Å². The number of primary amides is 1. The SMILES string of the molecule is Cc1cc(C)c2nc(-c3ccc(N(C)C(=O)c4ccnn4CC(N)=O)c(C)c3)ncc2n1. The molecular weight excluding hydrogens is 406 g/mol. The molecule has 3 aromatic heterocycles. The summed E-state index contributed by atoms with van der Waals surface area (Å²) in [6.07, 6.45) is 3.20. The second kappa shape index (κ2) is 8.18. The summed E-state index contributed by atoms with van der Waals surface area (Å²) >= 11 is 0. The van der Waals surface area contributed by atoms with Gasteiger partial charge in [0.1, 0.15) is 17.8 Å². The minimum atomic E-state index is -0.568. The van der Waals surface area contributed by atoms with Crippen molar-refractivity contribution in [3.8, 4) is 11.4 Å². The largest absolute Gasteiger partial charge is 0.368 e. The van der Waals surface area contributed by atoms with Crippen molar-refractivity contribution in [2.45, 2.75) is 27.3 Å². The first-order chi connectivity index (χ1) is 15.2. The summed E-state index contributed by atoms with van der Waals surface area (Å²) in [5.74, 6) is -0.269. The maximum Gasteiger partial charge on any atom is 0.276 e. The molecule has 9 nitrogen and oxygen atoms in total. The second-order valence-electron chi connectivity index (χ2n) is 7.71. The minimum Gasteiger partial charge on any atom is -0.368 e. The predicted molar refractivity (Wildman–Crippen MR) is 121 cm³/mol. The lowest BCUT2D eigenvalue weighted by Gasteiger charge is -2.20. The van der Waals surface area contributed by atoms with Gasteiger partial charge in [0.15, 0.2) is 5.82 Å². The van der Waals surface area contributed by atoms with Crippen LogP contribution in [-0.2, 0) is 11.3 Å². The van der Waals surface area contributed by atoms with E-state index in [-0.39, 0.29) is 18.1 Å². The van der Waals surface area contributed by atoms with Crippen molar-refractivity contribution in [2.75, 3.05) is 11.9 Å². The molecule has 162 valence electrons. The lowest BCUT2D eigenvalue weighted by molar-refractivity contribution is -0.118. The Morgan fingerprint density at radius 3 is 2.56 bits per heavy atom. The molecule has 0 spiro atoms. The Labute approximate surface area is 184 Å². The monoisotopic (exact) mass is 429 g/mol. The molecule has 0 aliphatic rings. The predicted octanol–water partition coefficient (Wildman–Crippen LogP) is 2.58. The van der Waals surface area contributed by atoms with Crippen molar-refractivity contribution < 1.29 is 9.59 Å². The zero-order chi connectivity index (χ0) is 23.0. The van der Waals surface area contributed by atoms with E-state index in [9.17, 15) is 9.59 Å². The molecule has 0 aliphatic carbocycles. The first-order valence-corrected chi connectivity index (χ1v) is 10.0. The Kier molecular flexibility index (Phi) is 5.40. The topological polar surface area (TPSA) is 120 Å². The fraction of sp³-hybridized carbons (Fsp3) is 0.217. The molecule has 0 saturated heterocycles. The average Bonchev–Trinajstić information content (AvgIpc) is 3.19. The highest BCUT2D eigenvalue weighted by Crippen LogP contribution is 2.27. The molecule has 1 aromatic carbocycles. The fourth-order valence-corrected chi connectivity index (χ4v) is 3.73. The van der Waals surface area contributed by atoms with Gasteiger partial charge in [-0.25, -0.2) is 15.0 Å². The highest BCUT2D eigenvalue weighted by atomic mass is 16.2. The van der Waals surface area contributed by atoms with Gasteiger partial charge in [-0.1, -0.05) is 0 Å². The van der Waals surface area contributed by atoms with Crippen LogP contribution >= 0.6 is 0 Å². The van der Waals surface area contributed by atoms with Gasteiger partial charge in [0.2, 0.25) is 5.91 Å². The summed E-state index contributed by atoms with van der Waals surface area (Å²) in [5.41, 5.74) is 11.5. The summed E-state index contributed by atoms with van der Waals surface area (Å²) in [4.78, 5) is 39.5. The lowest BCUT2D eigenvalue weighted by atomic mass is 10.1. The number of carbonyl (C=O) groups is 2. The summed E-state index contributed by atoms with van der Waals surface area (Å²) in [5, 5.41) is 4.01. The smallest absolute Gasteiger partial charge is 0.276 e. The number of aromatic nitrogens is 5. The van der Waals surface area contributed by atoms with Crippen LogP contribution in [0, 0.1) is 20.8 Å². The first-order valence-electron chi connectivity index (χ1n) is 10.0. The van der Waals surface area contributed by atoms with E-state index >= 15 is 0 Å². The van der Waals surface area contributed by atoms with E-state index < -0.39 is 5.91 Å². The van der Waals surface area contributed by atoms with Gasteiger partial charge in [-0.2, -0.15) is 5.10 Å². The summed E-state index contributed by atoms with van der Waals surface area (Å²) in [7, 11) is 1.68. The molecule has 0 fully saturated rings. The van der Waals surface area contributed by atoms with Crippen LogP contribution in [0.2, 0.25) is 0 Å². The van der Waals surface area contributed by atoms with E-state index in [1.54, 1.807) is 19.3 Å². The number of pyridine rings is 1. The molecule has 0 atom stereocenters. The molecule has 2 amide bonds. The molecule has 0 aliphatic heterocycles. The molecule has 4 aromatic rings. The molecule has 9 heteroatoms. The van der Waals surface area contributed by atoms with Crippen LogP contribution < -0.4 is 10.6 Å². The number of aryl methyl sites for hydroxylation is 3. The molecule has 2 N–H and O–H groups in total. The van der Waals surface area contributed by atoms with Gasteiger partial charge in [-0.3, -0.25) is 14.3 Å². The van der Waals surface area contributed by atoms with Crippen molar-refractivity contribution in [1.29, 1.82) is 0 Å².